The minimum atomic E-state index is 0.141. The summed E-state index contributed by atoms with van der Waals surface area (Å²) in [5.74, 6) is 1.14. The lowest BCUT2D eigenvalue weighted by atomic mass is 9.66. The summed E-state index contributed by atoms with van der Waals surface area (Å²) in [6.07, 6.45) is 6.67. The summed E-state index contributed by atoms with van der Waals surface area (Å²) in [6, 6.07) is 9.75. The van der Waals surface area contributed by atoms with E-state index >= 15 is 0 Å². The highest BCUT2D eigenvalue weighted by Gasteiger charge is 2.46. The molecule has 1 aromatic rings. The molecule has 2 atom stereocenters. The molecule has 0 aromatic heterocycles. The van der Waals surface area contributed by atoms with Crippen LogP contribution in [0.3, 0.4) is 0 Å². The van der Waals surface area contributed by atoms with Gasteiger partial charge in [-0.25, -0.2) is 0 Å². The van der Waals surface area contributed by atoms with Crippen molar-refractivity contribution in [1.29, 1.82) is 0 Å². The van der Waals surface area contributed by atoms with Crippen molar-refractivity contribution in [2.24, 2.45) is 17.3 Å². The Bertz CT molecular complexity index is 690. The number of nitrogens with zero attached hydrogens (tertiary/aromatic N) is 2. The van der Waals surface area contributed by atoms with Crippen molar-refractivity contribution in [3.8, 4) is 0 Å². The second-order valence-corrected chi connectivity index (χ2v) is 11.2. The second kappa shape index (κ2) is 9.48. The lowest BCUT2D eigenvalue weighted by Gasteiger charge is -2.51. The van der Waals surface area contributed by atoms with Gasteiger partial charge >= 0.3 is 0 Å². The highest BCUT2D eigenvalue weighted by molar-refractivity contribution is 6.31. The summed E-state index contributed by atoms with van der Waals surface area (Å²) < 4.78 is 6.62. The Morgan fingerprint density at radius 2 is 1.67 bits per heavy atom. The SMILES string of the molecule is CC(C)[C@H]1CC2(CCN(C3CCN(C(C)C)CC3)CC2)CO[C@@H]1c1ccccc1Cl. The molecule has 0 radical (unpaired) electrons. The summed E-state index contributed by atoms with van der Waals surface area (Å²) in [5.41, 5.74) is 1.55. The van der Waals surface area contributed by atoms with E-state index in [-0.39, 0.29) is 6.10 Å². The van der Waals surface area contributed by atoms with Crippen LogP contribution in [0.25, 0.3) is 0 Å². The van der Waals surface area contributed by atoms with Crippen LogP contribution in [-0.2, 0) is 4.74 Å². The lowest BCUT2D eigenvalue weighted by molar-refractivity contribution is -0.134. The zero-order valence-corrected chi connectivity index (χ0v) is 20.2. The molecule has 3 fully saturated rings. The van der Waals surface area contributed by atoms with E-state index in [1.807, 2.05) is 12.1 Å². The Morgan fingerprint density at radius 3 is 2.27 bits per heavy atom. The normalized spacial score (nSPS) is 29.2. The molecule has 168 valence electrons. The van der Waals surface area contributed by atoms with Gasteiger partial charge in [-0.3, -0.25) is 0 Å². The number of piperidine rings is 2. The van der Waals surface area contributed by atoms with Crippen LogP contribution in [-0.4, -0.2) is 54.7 Å². The molecule has 0 amide bonds. The van der Waals surface area contributed by atoms with Crippen LogP contribution in [0.4, 0.5) is 0 Å². The predicted molar refractivity (Wildman–Crippen MR) is 126 cm³/mol. The summed E-state index contributed by atoms with van der Waals surface area (Å²) in [7, 11) is 0. The van der Waals surface area contributed by atoms with E-state index < -0.39 is 0 Å². The van der Waals surface area contributed by atoms with E-state index in [9.17, 15) is 0 Å². The molecule has 0 bridgehead atoms. The van der Waals surface area contributed by atoms with Crippen LogP contribution >= 0.6 is 11.6 Å². The lowest BCUT2D eigenvalue weighted by Crippen LogP contribution is -2.53. The van der Waals surface area contributed by atoms with Gasteiger partial charge in [-0.2, -0.15) is 0 Å². The van der Waals surface area contributed by atoms with Gasteiger partial charge in [0.15, 0.2) is 0 Å². The first-order valence-corrected chi connectivity index (χ1v) is 12.6. The van der Waals surface area contributed by atoms with Crippen LogP contribution in [0.2, 0.25) is 5.02 Å². The maximum absolute atomic E-state index is 6.62. The van der Waals surface area contributed by atoms with Gasteiger partial charge in [-0.05, 0) is 101 Å². The minimum Gasteiger partial charge on any atom is -0.373 e. The molecule has 3 nitrogen and oxygen atoms in total. The molecule has 1 spiro atoms. The topological polar surface area (TPSA) is 15.7 Å². The van der Waals surface area contributed by atoms with Gasteiger partial charge in [0.2, 0.25) is 0 Å². The number of ether oxygens (including phenoxy) is 1. The fraction of sp³-hybridized carbons (Fsp3) is 0.769. The highest BCUT2D eigenvalue weighted by atomic mass is 35.5. The van der Waals surface area contributed by atoms with Crippen LogP contribution < -0.4 is 0 Å². The third kappa shape index (κ3) is 4.75. The zero-order chi connectivity index (χ0) is 21.3. The van der Waals surface area contributed by atoms with Gasteiger partial charge in [0.1, 0.15) is 0 Å². The van der Waals surface area contributed by atoms with Gasteiger partial charge in [0, 0.05) is 17.1 Å². The van der Waals surface area contributed by atoms with Crippen molar-refractivity contribution in [2.45, 2.75) is 78.0 Å². The van der Waals surface area contributed by atoms with Crippen LogP contribution in [0.15, 0.2) is 24.3 Å². The van der Waals surface area contributed by atoms with Crippen molar-refractivity contribution in [2.75, 3.05) is 32.8 Å². The molecule has 0 N–H and O–H groups in total. The van der Waals surface area contributed by atoms with E-state index in [2.05, 4.69) is 49.6 Å². The molecule has 3 heterocycles. The van der Waals surface area contributed by atoms with Crippen molar-refractivity contribution in [3.63, 3.8) is 0 Å². The Hall–Kier alpha value is -0.610. The maximum Gasteiger partial charge on any atom is 0.0870 e. The molecule has 0 saturated carbocycles. The molecule has 0 unspecified atom stereocenters. The minimum absolute atomic E-state index is 0.141. The fourth-order valence-corrected chi connectivity index (χ4v) is 6.39. The third-order valence-corrected chi connectivity index (χ3v) is 8.64. The summed E-state index contributed by atoms with van der Waals surface area (Å²) in [4.78, 5) is 5.44. The van der Waals surface area contributed by atoms with Gasteiger partial charge in [-0.1, -0.05) is 43.6 Å². The molecule has 4 heteroatoms. The van der Waals surface area contributed by atoms with Crippen molar-refractivity contribution < 1.29 is 4.74 Å². The molecular weight excluding hydrogens is 392 g/mol. The Morgan fingerprint density at radius 1 is 1.00 bits per heavy atom. The molecule has 0 aliphatic carbocycles. The first-order valence-electron chi connectivity index (χ1n) is 12.2. The molecular formula is C26H41ClN2O. The molecule has 30 heavy (non-hydrogen) atoms. The molecule has 4 rings (SSSR count). The molecule has 1 aromatic carbocycles. The predicted octanol–water partition coefficient (Wildman–Crippen LogP) is 6.03. The largest absolute Gasteiger partial charge is 0.373 e. The highest BCUT2D eigenvalue weighted by Crippen LogP contribution is 2.50. The van der Waals surface area contributed by atoms with E-state index in [4.69, 9.17) is 16.3 Å². The van der Waals surface area contributed by atoms with Crippen LogP contribution in [0.5, 0.6) is 0 Å². The average molecular weight is 433 g/mol. The van der Waals surface area contributed by atoms with Gasteiger partial charge in [0.25, 0.3) is 0 Å². The maximum atomic E-state index is 6.62. The number of likely N-dealkylation sites (tertiary alicyclic amines) is 2. The van der Waals surface area contributed by atoms with E-state index in [1.54, 1.807) is 0 Å². The standard InChI is InChI=1S/C26H41ClN2O/c1-19(2)23-17-26(18-30-25(23)22-7-5-6-8-24(22)27)11-15-29(16-12-26)21-9-13-28(14-10-21)20(3)4/h5-8,19-21,23,25H,9-18H2,1-4H3/t23-,25-/m1/s1. The van der Waals surface area contributed by atoms with Gasteiger partial charge in [0.05, 0.1) is 12.7 Å². The Kier molecular flexibility index (Phi) is 7.14. The first-order chi connectivity index (χ1) is 14.4. The number of hydrogen-bond donors (Lipinski definition) is 0. The number of hydrogen-bond acceptors (Lipinski definition) is 3. The smallest absolute Gasteiger partial charge is 0.0870 e. The average Bonchev–Trinajstić information content (AvgIpc) is 2.75. The third-order valence-electron chi connectivity index (χ3n) is 8.30. The Balaban J connectivity index is 1.37. The summed E-state index contributed by atoms with van der Waals surface area (Å²) >= 11 is 6.55. The Labute approximate surface area is 189 Å². The van der Waals surface area contributed by atoms with Crippen LogP contribution in [0.1, 0.15) is 71.5 Å². The van der Waals surface area contributed by atoms with E-state index in [0.717, 1.165) is 17.7 Å². The van der Waals surface area contributed by atoms with E-state index in [0.29, 0.717) is 23.3 Å². The van der Waals surface area contributed by atoms with Gasteiger partial charge < -0.3 is 14.5 Å². The summed E-state index contributed by atoms with van der Waals surface area (Å²) in [5, 5.41) is 0.853. The van der Waals surface area contributed by atoms with E-state index in [1.165, 1.54) is 63.8 Å². The first kappa shape index (κ1) is 22.6. The quantitative estimate of drug-likeness (QED) is 0.577. The van der Waals surface area contributed by atoms with Crippen molar-refractivity contribution >= 4 is 11.6 Å². The van der Waals surface area contributed by atoms with Gasteiger partial charge in [-0.15, -0.1) is 0 Å². The molecule has 3 saturated heterocycles. The molecule has 3 aliphatic rings. The van der Waals surface area contributed by atoms with Crippen molar-refractivity contribution in [1.82, 2.24) is 9.80 Å². The number of benzene rings is 1. The fourth-order valence-electron chi connectivity index (χ4n) is 6.15. The monoisotopic (exact) mass is 432 g/mol. The van der Waals surface area contributed by atoms with Crippen molar-refractivity contribution in [3.05, 3.63) is 34.9 Å². The van der Waals surface area contributed by atoms with Crippen LogP contribution in [0, 0.1) is 17.3 Å². The number of halogens is 1. The zero-order valence-electron chi connectivity index (χ0n) is 19.4. The summed E-state index contributed by atoms with van der Waals surface area (Å²) in [6.45, 7) is 15.3. The number of rotatable bonds is 4. The second-order valence-electron chi connectivity index (χ2n) is 10.8. The molecule has 3 aliphatic heterocycles.